The van der Waals surface area contributed by atoms with Crippen molar-refractivity contribution in [3.05, 3.63) is 36.5 Å². The van der Waals surface area contributed by atoms with E-state index in [0.717, 1.165) is 64.1 Å². The lowest BCUT2D eigenvalue weighted by atomic mass is 9.85. The van der Waals surface area contributed by atoms with Gasteiger partial charge in [-0.2, -0.15) is 0 Å². The average Bonchev–Trinajstić information content (AvgIpc) is 3.60. The molecule has 3 aliphatic carbocycles. The van der Waals surface area contributed by atoms with Gasteiger partial charge in [0.25, 0.3) is 0 Å². The van der Waals surface area contributed by atoms with Gasteiger partial charge in [-0.1, -0.05) is 37.5 Å². The summed E-state index contributed by atoms with van der Waals surface area (Å²) in [6.45, 7) is 3.84. The SMILES string of the molecule is O=C(NC1CCCCC1)OC(CN1CCN(c2ccccn2)CC1)CN1C(=O)C2C3C=C[C@@H](C3)[C@@H]2C1=O. The van der Waals surface area contributed by atoms with Gasteiger partial charge < -0.3 is 15.0 Å². The zero-order valence-corrected chi connectivity index (χ0v) is 21.3. The molecule has 0 aromatic carbocycles. The normalized spacial score (nSPS) is 30.6. The van der Waals surface area contributed by atoms with Crippen LogP contribution < -0.4 is 10.2 Å². The molecule has 4 fully saturated rings. The lowest BCUT2D eigenvalue weighted by Gasteiger charge is -2.37. The van der Waals surface area contributed by atoms with Crippen molar-refractivity contribution in [2.24, 2.45) is 23.7 Å². The van der Waals surface area contributed by atoms with Gasteiger partial charge in [-0.15, -0.1) is 0 Å². The van der Waals surface area contributed by atoms with E-state index in [2.05, 4.69) is 32.3 Å². The molecule has 37 heavy (non-hydrogen) atoms. The number of nitrogens with zero attached hydrogens (tertiary/aromatic N) is 4. The number of nitrogens with one attached hydrogen (secondary N) is 1. The Bertz CT molecular complexity index is 1000. The summed E-state index contributed by atoms with van der Waals surface area (Å²) in [7, 11) is 0. The highest BCUT2D eigenvalue weighted by Crippen LogP contribution is 2.52. The van der Waals surface area contributed by atoms with Crippen LogP contribution in [0, 0.1) is 23.7 Å². The molecule has 0 radical (unpaired) electrons. The van der Waals surface area contributed by atoms with Crippen molar-refractivity contribution in [1.82, 2.24) is 20.1 Å². The van der Waals surface area contributed by atoms with Gasteiger partial charge in [-0.3, -0.25) is 19.4 Å². The van der Waals surface area contributed by atoms with Crippen LogP contribution in [-0.2, 0) is 14.3 Å². The molecule has 9 heteroatoms. The molecule has 2 aliphatic heterocycles. The van der Waals surface area contributed by atoms with E-state index in [1.807, 2.05) is 18.2 Å². The lowest BCUT2D eigenvalue weighted by Crippen LogP contribution is -2.52. The van der Waals surface area contributed by atoms with Gasteiger partial charge in [0.15, 0.2) is 0 Å². The Kier molecular flexibility index (Phi) is 6.88. The number of likely N-dealkylation sites (tertiary alicyclic amines) is 1. The molecule has 5 aliphatic rings. The number of allylic oxidation sites excluding steroid dienone is 2. The van der Waals surface area contributed by atoms with Crippen molar-refractivity contribution in [3.8, 4) is 0 Å². The number of alkyl carbamates (subject to hydrolysis) is 1. The standard InChI is InChI=1S/C28H37N5O4/c34-26-24-19-9-10-20(16-19)25(24)27(35)33(26)18-22(37-28(36)30-21-6-2-1-3-7-21)17-31-12-14-32(15-13-31)23-8-4-5-11-29-23/h4-5,8-11,19-22,24-25H,1-3,6-7,12-18H2,(H,30,36)/t19-,20?,22?,24-,25?/m0/s1. The van der Waals surface area contributed by atoms with Gasteiger partial charge >= 0.3 is 6.09 Å². The quantitative estimate of drug-likeness (QED) is 0.447. The summed E-state index contributed by atoms with van der Waals surface area (Å²) in [6.07, 6.45) is 11.3. The Morgan fingerprint density at radius 1 is 0.973 bits per heavy atom. The number of carbonyl (C=O) groups excluding carboxylic acids is 3. The molecule has 3 heterocycles. The number of rotatable bonds is 7. The van der Waals surface area contributed by atoms with Crippen molar-refractivity contribution >= 4 is 23.7 Å². The predicted molar refractivity (Wildman–Crippen MR) is 138 cm³/mol. The van der Waals surface area contributed by atoms with Gasteiger partial charge in [-0.25, -0.2) is 9.78 Å². The van der Waals surface area contributed by atoms with Crippen LogP contribution in [-0.4, -0.2) is 84.1 Å². The van der Waals surface area contributed by atoms with E-state index in [4.69, 9.17) is 4.74 Å². The average molecular weight is 508 g/mol. The Morgan fingerprint density at radius 3 is 2.32 bits per heavy atom. The second-order valence-electron chi connectivity index (χ2n) is 11.3. The van der Waals surface area contributed by atoms with E-state index in [9.17, 15) is 14.4 Å². The van der Waals surface area contributed by atoms with Gasteiger partial charge in [0.2, 0.25) is 11.8 Å². The number of aromatic nitrogens is 1. The Labute approximate surface area is 218 Å². The number of ether oxygens (including phenoxy) is 1. The number of carbonyl (C=O) groups is 3. The fraction of sp³-hybridized carbons (Fsp3) is 0.643. The summed E-state index contributed by atoms with van der Waals surface area (Å²) < 4.78 is 5.94. The molecule has 2 bridgehead atoms. The fourth-order valence-corrected chi connectivity index (χ4v) is 7.07. The molecule has 6 rings (SSSR count). The van der Waals surface area contributed by atoms with Crippen molar-refractivity contribution in [3.63, 3.8) is 0 Å². The number of piperazine rings is 1. The number of pyridine rings is 1. The first-order valence-electron chi connectivity index (χ1n) is 14.0. The Morgan fingerprint density at radius 2 is 1.68 bits per heavy atom. The molecule has 1 N–H and O–H groups in total. The third-order valence-electron chi connectivity index (χ3n) is 8.96. The van der Waals surface area contributed by atoms with Crippen LogP contribution in [0.4, 0.5) is 10.6 Å². The minimum Gasteiger partial charge on any atom is -0.443 e. The number of hydrogen-bond donors (Lipinski definition) is 1. The summed E-state index contributed by atoms with van der Waals surface area (Å²) in [5.74, 6) is 0.656. The molecule has 3 amide bonds. The third kappa shape index (κ3) is 4.98. The maximum absolute atomic E-state index is 13.3. The molecule has 0 spiro atoms. The molecule has 198 valence electrons. The molecule has 2 saturated carbocycles. The number of amides is 3. The van der Waals surface area contributed by atoms with Crippen molar-refractivity contribution in [2.45, 2.75) is 50.7 Å². The van der Waals surface area contributed by atoms with Gasteiger partial charge in [-0.05, 0) is 43.2 Å². The van der Waals surface area contributed by atoms with Crippen LogP contribution in [0.2, 0.25) is 0 Å². The molecular formula is C28H37N5O4. The minimum atomic E-state index is -0.567. The van der Waals surface area contributed by atoms with Crippen LogP contribution in [0.1, 0.15) is 38.5 Å². The molecule has 9 nitrogen and oxygen atoms in total. The molecule has 5 atom stereocenters. The zero-order chi connectivity index (χ0) is 25.4. The van der Waals surface area contributed by atoms with E-state index in [1.54, 1.807) is 6.20 Å². The van der Waals surface area contributed by atoms with Gasteiger partial charge in [0.1, 0.15) is 11.9 Å². The van der Waals surface area contributed by atoms with Crippen LogP contribution in [0.3, 0.4) is 0 Å². The number of fused-ring (bicyclic) bond motifs is 5. The van der Waals surface area contributed by atoms with Crippen molar-refractivity contribution in [1.29, 1.82) is 0 Å². The van der Waals surface area contributed by atoms with Crippen LogP contribution in [0.5, 0.6) is 0 Å². The van der Waals surface area contributed by atoms with Crippen molar-refractivity contribution in [2.75, 3.05) is 44.2 Å². The maximum Gasteiger partial charge on any atom is 0.407 e. The van der Waals surface area contributed by atoms with Crippen LogP contribution in [0.25, 0.3) is 0 Å². The topological polar surface area (TPSA) is 95.1 Å². The predicted octanol–water partition coefficient (Wildman–Crippen LogP) is 2.44. The lowest BCUT2D eigenvalue weighted by molar-refractivity contribution is -0.142. The monoisotopic (exact) mass is 507 g/mol. The summed E-state index contributed by atoms with van der Waals surface area (Å²) >= 11 is 0. The highest BCUT2D eigenvalue weighted by Gasteiger charge is 2.59. The summed E-state index contributed by atoms with van der Waals surface area (Å²) in [5.41, 5.74) is 0. The Hall–Kier alpha value is -2.94. The van der Waals surface area contributed by atoms with Gasteiger partial charge in [0, 0.05) is 45.0 Å². The second-order valence-corrected chi connectivity index (χ2v) is 11.3. The first-order valence-corrected chi connectivity index (χ1v) is 14.0. The van der Waals surface area contributed by atoms with E-state index in [-0.39, 0.29) is 48.1 Å². The maximum atomic E-state index is 13.3. The van der Waals surface area contributed by atoms with Crippen molar-refractivity contribution < 1.29 is 19.1 Å². The highest BCUT2D eigenvalue weighted by molar-refractivity contribution is 6.06. The summed E-state index contributed by atoms with van der Waals surface area (Å²) in [6, 6.07) is 6.06. The fourth-order valence-electron chi connectivity index (χ4n) is 7.07. The van der Waals surface area contributed by atoms with E-state index >= 15 is 0 Å². The summed E-state index contributed by atoms with van der Waals surface area (Å²) in [4.78, 5) is 49.8. The van der Waals surface area contributed by atoms with Crippen LogP contribution in [0.15, 0.2) is 36.5 Å². The largest absolute Gasteiger partial charge is 0.443 e. The molecular weight excluding hydrogens is 470 g/mol. The molecule has 1 aromatic rings. The molecule has 2 saturated heterocycles. The first-order chi connectivity index (χ1) is 18.1. The number of imide groups is 1. The first kappa shape index (κ1) is 24.4. The number of hydrogen-bond acceptors (Lipinski definition) is 7. The summed E-state index contributed by atoms with van der Waals surface area (Å²) in [5, 5.41) is 3.03. The van der Waals surface area contributed by atoms with Gasteiger partial charge in [0.05, 0.1) is 18.4 Å². The number of anilines is 1. The van der Waals surface area contributed by atoms with E-state index < -0.39 is 12.2 Å². The highest BCUT2D eigenvalue weighted by atomic mass is 16.6. The smallest absolute Gasteiger partial charge is 0.407 e. The van der Waals surface area contributed by atoms with Crippen LogP contribution >= 0.6 is 0 Å². The second kappa shape index (κ2) is 10.4. The Balaban J connectivity index is 1.11. The minimum absolute atomic E-state index is 0.0897. The van der Waals surface area contributed by atoms with E-state index in [1.165, 1.54) is 11.3 Å². The zero-order valence-electron chi connectivity index (χ0n) is 21.3. The molecule has 3 unspecified atom stereocenters. The molecule has 1 aromatic heterocycles. The van der Waals surface area contributed by atoms with E-state index in [0.29, 0.717) is 6.54 Å². The third-order valence-corrected chi connectivity index (χ3v) is 8.96.